The van der Waals surface area contributed by atoms with Gasteiger partial charge >= 0.3 is 0 Å². The van der Waals surface area contributed by atoms with Crippen LogP contribution < -0.4 is 19.9 Å². The van der Waals surface area contributed by atoms with Gasteiger partial charge in [-0.05, 0) is 30.3 Å². The molecule has 0 amide bonds. The van der Waals surface area contributed by atoms with E-state index in [9.17, 15) is 0 Å². The molecule has 6 nitrogen and oxygen atoms in total. The molecule has 6 heteroatoms. The number of fused-ring (bicyclic) bond motifs is 1. The zero-order chi connectivity index (χ0) is 15.7. The smallest absolute Gasteiger partial charge is 0.203 e. The normalized spacial score (nSPS) is 10.7. The van der Waals surface area contributed by atoms with E-state index in [1.807, 2.05) is 30.3 Å². The van der Waals surface area contributed by atoms with Crippen molar-refractivity contribution in [2.24, 2.45) is 0 Å². The molecule has 0 spiro atoms. The summed E-state index contributed by atoms with van der Waals surface area (Å²) in [6.07, 6.45) is 0. The summed E-state index contributed by atoms with van der Waals surface area (Å²) in [6, 6.07) is 9.32. The Bertz CT molecular complexity index is 827. The minimum Gasteiger partial charge on any atom is -0.493 e. The van der Waals surface area contributed by atoms with Gasteiger partial charge in [-0.25, -0.2) is 0 Å². The van der Waals surface area contributed by atoms with Crippen LogP contribution in [0.3, 0.4) is 0 Å². The van der Waals surface area contributed by atoms with Crippen LogP contribution in [0.15, 0.2) is 30.3 Å². The second-order valence-corrected chi connectivity index (χ2v) is 4.76. The van der Waals surface area contributed by atoms with Crippen molar-refractivity contribution in [2.75, 3.05) is 27.1 Å². The maximum atomic E-state index is 5.88. The first kappa shape index (κ1) is 14.1. The summed E-state index contributed by atoms with van der Waals surface area (Å²) in [5.74, 6) is 1.70. The van der Waals surface area contributed by atoms with E-state index in [1.165, 1.54) is 0 Å². The predicted molar refractivity (Wildman–Crippen MR) is 85.6 cm³/mol. The highest BCUT2D eigenvalue weighted by Crippen LogP contribution is 2.45. The number of H-pyrrole nitrogens is 1. The molecule has 3 rings (SSSR count). The van der Waals surface area contributed by atoms with Crippen molar-refractivity contribution >= 4 is 16.6 Å². The molecule has 0 atom stereocenters. The fourth-order valence-electron chi connectivity index (χ4n) is 2.52. The van der Waals surface area contributed by atoms with Crippen molar-refractivity contribution in [3.8, 4) is 28.5 Å². The average molecular weight is 299 g/mol. The van der Waals surface area contributed by atoms with Gasteiger partial charge in [0.1, 0.15) is 5.69 Å². The zero-order valence-corrected chi connectivity index (χ0v) is 12.6. The Kier molecular flexibility index (Phi) is 3.50. The van der Waals surface area contributed by atoms with E-state index in [1.54, 1.807) is 21.3 Å². The number of nitrogens with zero attached hydrogens (tertiary/aromatic N) is 1. The fraction of sp³-hybridized carbons (Fsp3) is 0.188. The van der Waals surface area contributed by atoms with E-state index in [4.69, 9.17) is 19.9 Å². The molecule has 114 valence electrons. The first-order valence-corrected chi connectivity index (χ1v) is 6.72. The molecule has 0 fully saturated rings. The number of hydrogen-bond donors (Lipinski definition) is 2. The summed E-state index contributed by atoms with van der Waals surface area (Å²) in [5, 5.41) is 8.31. The molecule has 0 unspecified atom stereocenters. The van der Waals surface area contributed by atoms with E-state index in [-0.39, 0.29) is 0 Å². The van der Waals surface area contributed by atoms with Crippen molar-refractivity contribution in [3.63, 3.8) is 0 Å². The summed E-state index contributed by atoms with van der Waals surface area (Å²) in [5.41, 5.74) is 9.02. The molecule has 0 aliphatic rings. The number of anilines is 1. The van der Waals surface area contributed by atoms with Gasteiger partial charge in [0.05, 0.1) is 26.8 Å². The number of aromatic amines is 1. The SMILES string of the molecule is COc1ccc(-c2n[nH]c3ccc(N)cc23)c(OC)c1OC. The van der Waals surface area contributed by atoms with Crippen LogP contribution in [0.5, 0.6) is 17.2 Å². The molecule has 0 saturated heterocycles. The largest absolute Gasteiger partial charge is 0.493 e. The molecular formula is C16H17N3O3. The number of nitrogens with one attached hydrogen (secondary N) is 1. The highest BCUT2D eigenvalue weighted by molar-refractivity contribution is 5.96. The summed E-state index contributed by atoms with van der Waals surface area (Å²) in [4.78, 5) is 0. The molecule has 0 bridgehead atoms. The van der Waals surface area contributed by atoms with Crippen LogP contribution in [-0.4, -0.2) is 31.5 Å². The van der Waals surface area contributed by atoms with Gasteiger partial charge in [0, 0.05) is 16.6 Å². The predicted octanol–water partition coefficient (Wildman–Crippen LogP) is 2.84. The third-order valence-electron chi connectivity index (χ3n) is 3.55. The number of hydrogen-bond acceptors (Lipinski definition) is 5. The Morgan fingerprint density at radius 1 is 0.955 bits per heavy atom. The topological polar surface area (TPSA) is 82.4 Å². The van der Waals surface area contributed by atoms with Crippen molar-refractivity contribution in [1.82, 2.24) is 10.2 Å². The molecule has 22 heavy (non-hydrogen) atoms. The Balaban J connectivity index is 2.28. The summed E-state index contributed by atoms with van der Waals surface area (Å²) >= 11 is 0. The van der Waals surface area contributed by atoms with Gasteiger partial charge < -0.3 is 19.9 Å². The van der Waals surface area contributed by atoms with Crippen molar-refractivity contribution in [3.05, 3.63) is 30.3 Å². The van der Waals surface area contributed by atoms with Crippen LogP contribution in [0.1, 0.15) is 0 Å². The van der Waals surface area contributed by atoms with Crippen LogP contribution in [0.25, 0.3) is 22.2 Å². The van der Waals surface area contributed by atoms with Crippen molar-refractivity contribution in [1.29, 1.82) is 0 Å². The lowest BCUT2D eigenvalue weighted by molar-refractivity contribution is 0.325. The monoisotopic (exact) mass is 299 g/mol. The number of ether oxygens (including phenoxy) is 3. The van der Waals surface area contributed by atoms with E-state index < -0.39 is 0 Å². The Morgan fingerprint density at radius 3 is 2.41 bits per heavy atom. The zero-order valence-electron chi connectivity index (χ0n) is 12.6. The number of nitrogens with two attached hydrogens (primary N) is 1. The lowest BCUT2D eigenvalue weighted by atomic mass is 10.1. The molecule has 0 saturated carbocycles. The highest BCUT2D eigenvalue weighted by Gasteiger charge is 2.20. The van der Waals surface area contributed by atoms with E-state index in [0.717, 1.165) is 22.2 Å². The van der Waals surface area contributed by atoms with Crippen LogP contribution in [0.2, 0.25) is 0 Å². The van der Waals surface area contributed by atoms with Crippen molar-refractivity contribution in [2.45, 2.75) is 0 Å². The van der Waals surface area contributed by atoms with Crippen molar-refractivity contribution < 1.29 is 14.2 Å². The van der Waals surface area contributed by atoms with Gasteiger partial charge in [-0.1, -0.05) is 0 Å². The van der Waals surface area contributed by atoms with Crippen LogP contribution >= 0.6 is 0 Å². The Hall–Kier alpha value is -2.89. The van der Waals surface area contributed by atoms with Gasteiger partial charge in [0.2, 0.25) is 5.75 Å². The van der Waals surface area contributed by atoms with Gasteiger partial charge in [-0.15, -0.1) is 0 Å². The van der Waals surface area contributed by atoms with E-state index >= 15 is 0 Å². The molecular weight excluding hydrogens is 282 g/mol. The summed E-state index contributed by atoms with van der Waals surface area (Å²) in [6.45, 7) is 0. The molecule has 1 heterocycles. The highest BCUT2D eigenvalue weighted by atomic mass is 16.5. The molecule has 2 aromatic carbocycles. The quantitative estimate of drug-likeness (QED) is 0.724. The number of benzene rings is 2. The van der Waals surface area contributed by atoms with Gasteiger partial charge in [0.25, 0.3) is 0 Å². The van der Waals surface area contributed by atoms with Crippen LogP contribution in [-0.2, 0) is 0 Å². The standard InChI is InChI=1S/C16H17N3O3/c1-20-13-7-5-10(15(21-2)16(13)22-3)14-11-8-9(17)4-6-12(11)18-19-14/h4-8H,17H2,1-3H3,(H,18,19). The van der Waals surface area contributed by atoms with Gasteiger partial charge in [-0.2, -0.15) is 5.10 Å². The number of rotatable bonds is 4. The van der Waals surface area contributed by atoms with E-state index in [2.05, 4.69) is 10.2 Å². The lowest BCUT2D eigenvalue weighted by Crippen LogP contribution is -1.97. The number of aromatic nitrogens is 2. The maximum Gasteiger partial charge on any atom is 0.203 e. The summed E-state index contributed by atoms with van der Waals surface area (Å²) in [7, 11) is 4.75. The molecule has 0 aliphatic carbocycles. The van der Waals surface area contributed by atoms with Gasteiger partial charge in [-0.3, -0.25) is 5.10 Å². The molecule has 1 aromatic heterocycles. The summed E-state index contributed by atoms with van der Waals surface area (Å²) < 4.78 is 16.2. The second-order valence-electron chi connectivity index (χ2n) is 4.76. The molecule has 3 aromatic rings. The number of methoxy groups -OCH3 is 3. The molecule has 0 aliphatic heterocycles. The third kappa shape index (κ3) is 2.09. The maximum absolute atomic E-state index is 5.88. The Labute approximate surface area is 127 Å². The Morgan fingerprint density at radius 2 is 1.73 bits per heavy atom. The molecule has 3 N–H and O–H groups in total. The molecule has 0 radical (unpaired) electrons. The van der Waals surface area contributed by atoms with Gasteiger partial charge in [0.15, 0.2) is 11.5 Å². The number of nitrogen functional groups attached to an aromatic ring is 1. The first-order chi connectivity index (χ1) is 10.7. The lowest BCUT2D eigenvalue weighted by Gasteiger charge is -2.14. The fourth-order valence-corrected chi connectivity index (χ4v) is 2.52. The minimum atomic E-state index is 0.530. The minimum absolute atomic E-state index is 0.530. The first-order valence-electron chi connectivity index (χ1n) is 6.72. The third-order valence-corrected chi connectivity index (χ3v) is 3.55. The van der Waals surface area contributed by atoms with Crippen LogP contribution in [0, 0.1) is 0 Å². The van der Waals surface area contributed by atoms with E-state index in [0.29, 0.717) is 22.9 Å². The average Bonchev–Trinajstić information content (AvgIpc) is 2.95. The second kappa shape index (κ2) is 5.48. The van der Waals surface area contributed by atoms with Crippen LogP contribution in [0.4, 0.5) is 5.69 Å².